The highest BCUT2D eigenvalue weighted by Crippen LogP contribution is 2.23. The van der Waals surface area contributed by atoms with Gasteiger partial charge in [0.1, 0.15) is 6.04 Å². The molecule has 0 saturated heterocycles. The number of aromatic nitrogens is 2. The van der Waals surface area contributed by atoms with Crippen molar-refractivity contribution in [3.05, 3.63) is 59.7 Å². The van der Waals surface area contributed by atoms with E-state index in [2.05, 4.69) is 16.2 Å². The zero-order valence-electron chi connectivity index (χ0n) is 13.5. The summed E-state index contributed by atoms with van der Waals surface area (Å²) in [7, 11) is 0. The highest BCUT2D eigenvalue weighted by molar-refractivity contribution is 5.85. The van der Waals surface area contributed by atoms with E-state index in [1.807, 2.05) is 0 Å². The number of carboxylic acids is 1. The molecule has 1 atom stereocenters. The monoisotopic (exact) mass is 370 g/mol. The molecule has 3 aromatic rings. The van der Waals surface area contributed by atoms with Gasteiger partial charge in [-0.25, -0.2) is 0 Å². The van der Waals surface area contributed by atoms with Crippen LogP contribution in [0.15, 0.2) is 53.1 Å². The van der Waals surface area contributed by atoms with E-state index in [4.69, 9.17) is 20.6 Å². The summed E-state index contributed by atoms with van der Waals surface area (Å²) in [5, 5.41) is 21.6. The van der Waals surface area contributed by atoms with E-state index in [0.717, 1.165) is 16.7 Å². The maximum absolute atomic E-state index is 10.8. The third kappa shape index (κ3) is 4.25. The number of carbonyl (C=O) groups is 1. The highest BCUT2D eigenvalue weighted by atomic mass is 35.5. The molecular weight excluding hydrogens is 356 g/mol. The molecule has 1 aromatic heterocycles. The van der Waals surface area contributed by atoms with Crippen LogP contribution in [0.2, 0.25) is 0 Å². The number of rotatable bonds is 5. The van der Waals surface area contributed by atoms with E-state index in [0.29, 0.717) is 17.3 Å². The Labute approximate surface area is 155 Å². The fraction of sp³-hybridized carbons (Fsp3) is 0.111. The number of aliphatic carboxylic acids is 1. The molecule has 0 spiro atoms. The van der Waals surface area contributed by atoms with Crippen LogP contribution in [0.1, 0.15) is 11.1 Å². The predicted octanol–water partition coefficient (Wildman–Crippen LogP) is 2.65. The van der Waals surface area contributed by atoms with Crippen molar-refractivity contribution in [1.82, 2.24) is 10.1 Å². The van der Waals surface area contributed by atoms with Gasteiger partial charge in [0, 0.05) is 11.1 Å². The normalized spacial score (nSPS) is 11.2. The molecule has 3 rings (SSSR count). The van der Waals surface area contributed by atoms with Crippen molar-refractivity contribution in [2.45, 2.75) is 12.5 Å². The number of hydrogen-bond acceptors (Lipinski definition) is 6. The third-order valence-electron chi connectivity index (χ3n) is 3.67. The molecule has 0 fully saturated rings. The van der Waals surface area contributed by atoms with Gasteiger partial charge in [-0.2, -0.15) is 10.2 Å². The molecule has 0 radical (unpaired) electrons. The van der Waals surface area contributed by atoms with Gasteiger partial charge in [-0.1, -0.05) is 29.4 Å². The molecule has 2 aromatic carbocycles. The summed E-state index contributed by atoms with van der Waals surface area (Å²) in [6, 6.07) is 15.1. The number of carboxylic acid groups (broad SMARTS) is 1. The highest BCUT2D eigenvalue weighted by Gasteiger charge is 2.13. The molecule has 26 heavy (non-hydrogen) atoms. The maximum Gasteiger partial charge on any atom is 0.320 e. The maximum atomic E-state index is 10.8. The first kappa shape index (κ1) is 19.1. The van der Waals surface area contributed by atoms with E-state index in [1.165, 1.54) is 0 Å². The molecule has 0 saturated carbocycles. The minimum atomic E-state index is -1.03. The van der Waals surface area contributed by atoms with E-state index in [1.54, 1.807) is 48.5 Å². The number of benzene rings is 2. The molecule has 1 heterocycles. The van der Waals surface area contributed by atoms with Gasteiger partial charge < -0.3 is 15.4 Å². The largest absolute Gasteiger partial charge is 0.480 e. The Bertz CT molecular complexity index is 930. The van der Waals surface area contributed by atoms with Crippen LogP contribution in [0, 0.1) is 11.3 Å². The molecule has 0 bridgehead atoms. The van der Waals surface area contributed by atoms with Crippen LogP contribution in [-0.4, -0.2) is 27.3 Å². The molecule has 0 amide bonds. The molecule has 0 aliphatic carbocycles. The molecule has 132 valence electrons. The first-order valence-corrected chi connectivity index (χ1v) is 7.49. The lowest BCUT2D eigenvalue weighted by atomic mass is 10.0. The first-order valence-electron chi connectivity index (χ1n) is 7.49. The summed E-state index contributed by atoms with van der Waals surface area (Å²) in [5.41, 5.74) is 8.37. The molecule has 0 unspecified atom stereocenters. The molecular formula is C18H15ClN4O3. The minimum absolute atomic E-state index is 0. The standard InChI is InChI=1S/C18H14N4O3.ClH/c19-10-12-3-7-14(8-4-12)17-21-16(22-25-17)13-5-1-11(2-6-13)9-15(20)18(23)24;/h1-8,15H,9,20H2,(H,23,24);1H/t15-;/m0./s1. The van der Waals surface area contributed by atoms with Crippen molar-refractivity contribution in [2.24, 2.45) is 5.73 Å². The minimum Gasteiger partial charge on any atom is -0.480 e. The average Bonchev–Trinajstić information content (AvgIpc) is 3.12. The lowest BCUT2D eigenvalue weighted by Crippen LogP contribution is -2.32. The predicted molar refractivity (Wildman–Crippen MR) is 96.4 cm³/mol. The van der Waals surface area contributed by atoms with Gasteiger partial charge in [0.25, 0.3) is 5.89 Å². The summed E-state index contributed by atoms with van der Waals surface area (Å²) < 4.78 is 5.26. The van der Waals surface area contributed by atoms with Crippen molar-refractivity contribution >= 4 is 18.4 Å². The SMILES string of the molecule is Cl.N#Cc1ccc(-c2nc(-c3ccc(C[C@H](N)C(=O)O)cc3)no2)cc1. The number of nitrogens with zero attached hydrogens (tertiary/aromatic N) is 3. The van der Waals surface area contributed by atoms with Crippen LogP contribution in [0.5, 0.6) is 0 Å². The fourth-order valence-corrected chi connectivity index (χ4v) is 2.28. The number of halogens is 1. The molecule has 8 heteroatoms. The van der Waals surface area contributed by atoms with Gasteiger partial charge in [0.2, 0.25) is 5.82 Å². The lowest BCUT2D eigenvalue weighted by molar-refractivity contribution is -0.138. The lowest BCUT2D eigenvalue weighted by Gasteiger charge is -2.06. The molecule has 7 nitrogen and oxygen atoms in total. The average molecular weight is 371 g/mol. The quantitative estimate of drug-likeness (QED) is 0.706. The van der Waals surface area contributed by atoms with Crippen molar-refractivity contribution in [1.29, 1.82) is 5.26 Å². The van der Waals surface area contributed by atoms with E-state index < -0.39 is 12.0 Å². The van der Waals surface area contributed by atoms with Crippen molar-refractivity contribution < 1.29 is 14.4 Å². The third-order valence-corrected chi connectivity index (χ3v) is 3.67. The Kier molecular flexibility index (Phi) is 6.07. The van der Waals surface area contributed by atoms with Crippen molar-refractivity contribution in [2.75, 3.05) is 0 Å². The number of hydrogen-bond donors (Lipinski definition) is 2. The Morgan fingerprint density at radius 3 is 2.35 bits per heavy atom. The fourth-order valence-electron chi connectivity index (χ4n) is 2.28. The van der Waals surface area contributed by atoms with Crippen molar-refractivity contribution in [3.8, 4) is 28.9 Å². The molecule has 3 N–H and O–H groups in total. The molecule has 0 aliphatic rings. The second kappa shape index (κ2) is 8.25. The van der Waals surface area contributed by atoms with Gasteiger partial charge in [0.15, 0.2) is 0 Å². The summed E-state index contributed by atoms with van der Waals surface area (Å²) in [5.74, 6) is -0.251. The van der Waals surface area contributed by atoms with Gasteiger partial charge in [-0.15, -0.1) is 12.4 Å². The Hall–Kier alpha value is -3.21. The van der Waals surface area contributed by atoms with Crippen LogP contribution in [0.3, 0.4) is 0 Å². The first-order chi connectivity index (χ1) is 12.1. The van der Waals surface area contributed by atoms with Crippen LogP contribution < -0.4 is 5.73 Å². The zero-order chi connectivity index (χ0) is 17.8. The summed E-state index contributed by atoms with van der Waals surface area (Å²) in [6.45, 7) is 0. The Morgan fingerprint density at radius 1 is 1.15 bits per heavy atom. The van der Waals surface area contributed by atoms with Crippen molar-refractivity contribution in [3.63, 3.8) is 0 Å². The van der Waals surface area contributed by atoms with E-state index in [-0.39, 0.29) is 18.8 Å². The van der Waals surface area contributed by atoms with Crippen LogP contribution >= 0.6 is 12.4 Å². The van der Waals surface area contributed by atoms with Crippen LogP contribution in [0.4, 0.5) is 0 Å². The smallest absolute Gasteiger partial charge is 0.320 e. The second-order valence-corrected chi connectivity index (χ2v) is 5.46. The molecule has 0 aliphatic heterocycles. The van der Waals surface area contributed by atoms with Gasteiger partial charge in [-0.3, -0.25) is 4.79 Å². The van der Waals surface area contributed by atoms with Gasteiger partial charge in [0.05, 0.1) is 11.6 Å². The van der Waals surface area contributed by atoms with E-state index >= 15 is 0 Å². The van der Waals surface area contributed by atoms with Gasteiger partial charge >= 0.3 is 5.97 Å². The number of nitrogens with two attached hydrogens (primary N) is 1. The van der Waals surface area contributed by atoms with Crippen LogP contribution in [-0.2, 0) is 11.2 Å². The van der Waals surface area contributed by atoms with Gasteiger partial charge in [-0.05, 0) is 36.2 Å². The Balaban J connectivity index is 0.00000243. The zero-order valence-corrected chi connectivity index (χ0v) is 14.3. The summed E-state index contributed by atoms with van der Waals surface area (Å²) in [6.07, 6.45) is 0.248. The number of nitriles is 1. The summed E-state index contributed by atoms with van der Waals surface area (Å²) >= 11 is 0. The van der Waals surface area contributed by atoms with E-state index in [9.17, 15) is 4.79 Å². The van der Waals surface area contributed by atoms with Crippen LogP contribution in [0.25, 0.3) is 22.8 Å². The Morgan fingerprint density at radius 2 is 1.77 bits per heavy atom. The topological polar surface area (TPSA) is 126 Å². The summed E-state index contributed by atoms with van der Waals surface area (Å²) in [4.78, 5) is 15.1. The second-order valence-electron chi connectivity index (χ2n) is 5.46.